The van der Waals surface area contributed by atoms with Crippen LogP contribution in [0.1, 0.15) is 18.9 Å². The first kappa shape index (κ1) is 17.6. The topological polar surface area (TPSA) is 36.1 Å². The van der Waals surface area contributed by atoms with Crippen LogP contribution in [0.25, 0.3) is 22.2 Å². The Hall–Kier alpha value is -2.76. The van der Waals surface area contributed by atoms with Crippen LogP contribution in [0.4, 0.5) is 13.2 Å². The molecule has 1 aliphatic heterocycles. The fourth-order valence-corrected chi connectivity index (χ4v) is 3.92. The minimum atomic E-state index is -0.656. The molecule has 2 aromatic carbocycles. The van der Waals surface area contributed by atoms with Crippen LogP contribution < -0.4 is 0 Å². The number of carbonyl (C=O) groups is 1. The summed E-state index contributed by atoms with van der Waals surface area (Å²) >= 11 is 0. The SMILES string of the molecule is CC(=O)N1CCC(Cc2c(-c3ccc(F)cc3)[nH]c3c(F)cc(F)cc23)C1. The molecule has 6 heteroatoms. The molecule has 1 saturated heterocycles. The van der Waals surface area contributed by atoms with E-state index in [-0.39, 0.29) is 23.2 Å². The first-order valence-corrected chi connectivity index (χ1v) is 8.93. The summed E-state index contributed by atoms with van der Waals surface area (Å²) in [5.74, 6) is -1.41. The highest BCUT2D eigenvalue weighted by Crippen LogP contribution is 2.35. The van der Waals surface area contributed by atoms with Crippen molar-refractivity contribution in [1.82, 2.24) is 9.88 Å². The second kappa shape index (κ2) is 6.76. The summed E-state index contributed by atoms with van der Waals surface area (Å²) in [6.45, 7) is 2.86. The Kier molecular flexibility index (Phi) is 4.42. The van der Waals surface area contributed by atoms with Gasteiger partial charge >= 0.3 is 0 Å². The molecule has 1 aromatic heterocycles. The van der Waals surface area contributed by atoms with Gasteiger partial charge in [0, 0.05) is 37.2 Å². The number of amides is 1. The highest BCUT2D eigenvalue weighted by molar-refractivity contribution is 5.91. The van der Waals surface area contributed by atoms with Gasteiger partial charge in [0.05, 0.1) is 5.52 Å². The molecule has 2 heterocycles. The molecule has 0 saturated carbocycles. The zero-order chi connectivity index (χ0) is 19.1. The molecule has 1 atom stereocenters. The van der Waals surface area contributed by atoms with Gasteiger partial charge in [-0.3, -0.25) is 4.79 Å². The number of aromatic nitrogens is 1. The van der Waals surface area contributed by atoms with Crippen LogP contribution in [0.2, 0.25) is 0 Å². The molecule has 4 rings (SSSR count). The van der Waals surface area contributed by atoms with Gasteiger partial charge in [-0.15, -0.1) is 0 Å². The van der Waals surface area contributed by atoms with E-state index in [1.807, 2.05) is 0 Å². The fourth-order valence-electron chi connectivity index (χ4n) is 3.92. The van der Waals surface area contributed by atoms with Crippen LogP contribution in [0.15, 0.2) is 36.4 Å². The largest absolute Gasteiger partial charge is 0.352 e. The monoisotopic (exact) mass is 372 g/mol. The van der Waals surface area contributed by atoms with Gasteiger partial charge in [-0.2, -0.15) is 0 Å². The molecule has 1 fully saturated rings. The Morgan fingerprint density at radius 3 is 2.56 bits per heavy atom. The van der Waals surface area contributed by atoms with Gasteiger partial charge in [-0.25, -0.2) is 13.2 Å². The van der Waals surface area contributed by atoms with E-state index in [4.69, 9.17) is 0 Å². The van der Waals surface area contributed by atoms with E-state index >= 15 is 0 Å². The van der Waals surface area contributed by atoms with Crippen molar-refractivity contribution in [2.75, 3.05) is 13.1 Å². The predicted molar refractivity (Wildman–Crippen MR) is 97.7 cm³/mol. The first-order valence-electron chi connectivity index (χ1n) is 8.93. The van der Waals surface area contributed by atoms with Crippen molar-refractivity contribution in [2.45, 2.75) is 19.8 Å². The molecule has 1 aliphatic rings. The number of nitrogens with one attached hydrogen (secondary N) is 1. The van der Waals surface area contributed by atoms with E-state index in [0.717, 1.165) is 18.1 Å². The van der Waals surface area contributed by atoms with Crippen molar-refractivity contribution in [1.29, 1.82) is 0 Å². The molecule has 27 heavy (non-hydrogen) atoms. The molecule has 0 aliphatic carbocycles. The van der Waals surface area contributed by atoms with Crippen LogP contribution in [0, 0.1) is 23.4 Å². The number of hydrogen-bond acceptors (Lipinski definition) is 1. The lowest BCUT2D eigenvalue weighted by Gasteiger charge is -2.14. The van der Waals surface area contributed by atoms with Crippen molar-refractivity contribution >= 4 is 16.8 Å². The van der Waals surface area contributed by atoms with Crippen LogP contribution >= 0.6 is 0 Å². The van der Waals surface area contributed by atoms with E-state index in [1.165, 1.54) is 18.2 Å². The molecule has 0 radical (unpaired) electrons. The fraction of sp³-hybridized carbons (Fsp3) is 0.286. The molecule has 3 nitrogen and oxygen atoms in total. The van der Waals surface area contributed by atoms with Crippen molar-refractivity contribution in [3.05, 3.63) is 59.4 Å². The smallest absolute Gasteiger partial charge is 0.219 e. The maximum atomic E-state index is 14.3. The highest BCUT2D eigenvalue weighted by Gasteiger charge is 2.27. The van der Waals surface area contributed by atoms with Crippen molar-refractivity contribution in [2.24, 2.45) is 5.92 Å². The van der Waals surface area contributed by atoms with Gasteiger partial charge in [0.1, 0.15) is 17.5 Å². The standard InChI is InChI=1S/C21H19F3N2O/c1-12(27)26-7-6-13(11-26)8-17-18-9-16(23)10-19(24)21(18)25-20(17)14-2-4-15(22)5-3-14/h2-5,9-10,13,25H,6-8,11H2,1H3. The summed E-state index contributed by atoms with van der Waals surface area (Å²) in [5, 5.41) is 0.494. The third kappa shape index (κ3) is 3.31. The average molecular weight is 372 g/mol. The molecular weight excluding hydrogens is 353 g/mol. The number of hydrogen-bond donors (Lipinski definition) is 1. The minimum absolute atomic E-state index is 0.0345. The number of H-pyrrole nitrogens is 1. The quantitative estimate of drug-likeness (QED) is 0.713. The summed E-state index contributed by atoms with van der Waals surface area (Å²) in [6.07, 6.45) is 1.42. The summed E-state index contributed by atoms with van der Waals surface area (Å²) < 4.78 is 41.5. The van der Waals surface area contributed by atoms with Crippen LogP contribution in [0.3, 0.4) is 0 Å². The summed E-state index contributed by atoms with van der Waals surface area (Å²) in [4.78, 5) is 16.4. The lowest BCUT2D eigenvalue weighted by molar-refractivity contribution is -0.127. The summed E-state index contributed by atoms with van der Waals surface area (Å²) in [7, 11) is 0. The van der Waals surface area contributed by atoms with Crippen LogP contribution in [-0.2, 0) is 11.2 Å². The van der Waals surface area contributed by atoms with Crippen LogP contribution in [0.5, 0.6) is 0 Å². The second-order valence-corrected chi connectivity index (χ2v) is 7.12. The first-order chi connectivity index (χ1) is 12.9. The number of nitrogens with zero attached hydrogens (tertiary/aromatic N) is 1. The van der Waals surface area contributed by atoms with Gasteiger partial charge in [-0.1, -0.05) is 0 Å². The van der Waals surface area contributed by atoms with E-state index in [9.17, 15) is 18.0 Å². The van der Waals surface area contributed by atoms with Gasteiger partial charge in [-0.05, 0) is 60.2 Å². The zero-order valence-corrected chi connectivity index (χ0v) is 14.9. The molecule has 3 aromatic rings. The van der Waals surface area contributed by atoms with Crippen molar-refractivity contribution in [3.8, 4) is 11.3 Å². The molecular formula is C21H19F3N2O. The molecule has 1 unspecified atom stereocenters. The Morgan fingerprint density at radius 2 is 1.89 bits per heavy atom. The number of halogens is 3. The van der Waals surface area contributed by atoms with Crippen LogP contribution in [-0.4, -0.2) is 28.9 Å². The Bertz CT molecular complexity index is 1010. The average Bonchev–Trinajstić information content (AvgIpc) is 3.22. The van der Waals surface area contributed by atoms with Gasteiger partial charge < -0.3 is 9.88 Å². The van der Waals surface area contributed by atoms with Gasteiger partial charge in [0.2, 0.25) is 5.91 Å². The second-order valence-electron chi connectivity index (χ2n) is 7.12. The van der Waals surface area contributed by atoms with Gasteiger partial charge in [0.25, 0.3) is 0 Å². The van der Waals surface area contributed by atoms with Crippen molar-refractivity contribution < 1.29 is 18.0 Å². The number of aromatic amines is 1. The van der Waals surface area contributed by atoms with E-state index in [1.54, 1.807) is 24.0 Å². The molecule has 140 valence electrons. The highest BCUT2D eigenvalue weighted by atomic mass is 19.1. The number of rotatable bonds is 3. The predicted octanol–water partition coefficient (Wildman–Crippen LogP) is 4.66. The Morgan fingerprint density at radius 1 is 1.15 bits per heavy atom. The van der Waals surface area contributed by atoms with E-state index in [2.05, 4.69) is 4.98 Å². The third-order valence-electron chi connectivity index (χ3n) is 5.29. The van der Waals surface area contributed by atoms with Crippen molar-refractivity contribution in [3.63, 3.8) is 0 Å². The van der Waals surface area contributed by atoms with E-state index < -0.39 is 11.6 Å². The maximum absolute atomic E-state index is 14.3. The lowest BCUT2D eigenvalue weighted by Crippen LogP contribution is -2.26. The molecule has 1 N–H and O–H groups in total. The molecule has 0 bridgehead atoms. The summed E-state index contributed by atoms with van der Waals surface area (Å²) in [6, 6.07) is 8.10. The normalized spacial score (nSPS) is 17.0. The lowest BCUT2D eigenvalue weighted by atomic mass is 9.94. The summed E-state index contributed by atoms with van der Waals surface area (Å²) in [5.41, 5.74) is 2.41. The molecule has 1 amide bonds. The zero-order valence-electron chi connectivity index (χ0n) is 14.9. The number of benzene rings is 2. The molecule has 0 spiro atoms. The number of likely N-dealkylation sites (tertiary alicyclic amines) is 1. The van der Waals surface area contributed by atoms with E-state index in [0.29, 0.717) is 36.2 Å². The third-order valence-corrected chi connectivity index (χ3v) is 5.29. The Labute approximate surface area is 154 Å². The number of carbonyl (C=O) groups excluding carboxylic acids is 1. The maximum Gasteiger partial charge on any atom is 0.219 e. The van der Waals surface area contributed by atoms with Gasteiger partial charge in [0.15, 0.2) is 0 Å². The Balaban J connectivity index is 1.80. The number of fused-ring (bicyclic) bond motifs is 1. The minimum Gasteiger partial charge on any atom is -0.352 e.